The molecule has 0 unspecified atom stereocenters. The van der Waals surface area contributed by atoms with Gasteiger partial charge in [-0.05, 0) is 44.1 Å². The minimum atomic E-state index is -0.154. The number of para-hydroxylation sites is 1. The SMILES string of the molecule is CC[C@H](C)N1C(=O)[C@@H]2Cc3c([nH]c4ccccc34)[C@H](C)N2C1=S. The molecule has 4 nitrogen and oxygen atoms in total. The van der Waals surface area contributed by atoms with Crippen LogP contribution in [0, 0.1) is 0 Å². The molecule has 1 aromatic heterocycles. The van der Waals surface area contributed by atoms with Crippen molar-refractivity contribution in [3.05, 3.63) is 35.5 Å². The van der Waals surface area contributed by atoms with Gasteiger partial charge < -0.3 is 9.88 Å². The van der Waals surface area contributed by atoms with Crippen molar-refractivity contribution in [3.63, 3.8) is 0 Å². The van der Waals surface area contributed by atoms with Crippen molar-refractivity contribution >= 4 is 34.1 Å². The second-order valence-electron chi connectivity index (χ2n) is 6.61. The zero-order valence-corrected chi connectivity index (χ0v) is 14.5. The van der Waals surface area contributed by atoms with E-state index in [1.165, 1.54) is 16.6 Å². The molecule has 0 bridgehead atoms. The Kier molecular flexibility index (Phi) is 3.23. The summed E-state index contributed by atoms with van der Waals surface area (Å²) in [6.07, 6.45) is 1.64. The molecule has 120 valence electrons. The van der Waals surface area contributed by atoms with Crippen LogP contribution in [0.15, 0.2) is 24.3 Å². The molecule has 4 rings (SSSR count). The lowest BCUT2D eigenvalue weighted by Crippen LogP contribution is -2.42. The summed E-state index contributed by atoms with van der Waals surface area (Å²) in [6.45, 7) is 6.30. The van der Waals surface area contributed by atoms with E-state index in [9.17, 15) is 4.79 Å². The molecule has 1 saturated heterocycles. The van der Waals surface area contributed by atoms with Crippen LogP contribution in [-0.4, -0.2) is 37.9 Å². The molecular formula is C18H21N3OS. The number of fused-ring (bicyclic) bond motifs is 4. The van der Waals surface area contributed by atoms with Crippen LogP contribution in [-0.2, 0) is 11.2 Å². The number of aromatic amines is 1. The largest absolute Gasteiger partial charge is 0.356 e. The summed E-state index contributed by atoms with van der Waals surface area (Å²) in [7, 11) is 0. The fourth-order valence-electron chi connectivity index (χ4n) is 3.97. The monoisotopic (exact) mass is 327 g/mol. The molecule has 1 fully saturated rings. The number of thiocarbonyl (C=S) groups is 1. The van der Waals surface area contributed by atoms with E-state index in [0.717, 1.165) is 18.4 Å². The molecule has 3 atom stereocenters. The van der Waals surface area contributed by atoms with Gasteiger partial charge in [0.2, 0.25) is 0 Å². The van der Waals surface area contributed by atoms with Gasteiger partial charge in [-0.2, -0.15) is 0 Å². The van der Waals surface area contributed by atoms with Gasteiger partial charge in [-0.25, -0.2) is 0 Å². The normalized spacial score (nSPS) is 25.0. The molecule has 0 spiro atoms. The Morgan fingerprint density at radius 1 is 1.39 bits per heavy atom. The van der Waals surface area contributed by atoms with Crippen molar-refractivity contribution < 1.29 is 4.79 Å². The number of carbonyl (C=O) groups is 1. The molecule has 0 aliphatic carbocycles. The summed E-state index contributed by atoms with van der Waals surface area (Å²) in [4.78, 5) is 20.4. The van der Waals surface area contributed by atoms with Gasteiger partial charge in [-0.3, -0.25) is 9.69 Å². The van der Waals surface area contributed by atoms with Gasteiger partial charge in [-0.15, -0.1) is 0 Å². The lowest BCUT2D eigenvalue weighted by molar-refractivity contribution is -0.129. The Morgan fingerprint density at radius 3 is 2.87 bits per heavy atom. The first-order valence-corrected chi connectivity index (χ1v) is 8.70. The van der Waals surface area contributed by atoms with E-state index < -0.39 is 0 Å². The number of hydrogen-bond acceptors (Lipinski definition) is 2. The van der Waals surface area contributed by atoms with E-state index >= 15 is 0 Å². The number of rotatable bonds is 2. The summed E-state index contributed by atoms with van der Waals surface area (Å²) in [6, 6.07) is 8.42. The molecule has 1 N–H and O–H groups in total. The Bertz CT molecular complexity index is 812. The third-order valence-electron chi connectivity index (χ3n) is 5.40. The van der Waals surface area contributed by atoms with Crippen LogP contribution < -0.4 is 0 Å². The number of H-pyrrole nitrogens is 1. The summed E-state index contributed by atoms with van der Waals surface area (Å²) >= 11 is 5.66. The van der Waals surface area contributed by atoms with E-state index in [1.54, 1.807) is 0 Å². The number of aromatic nitrogens is 1. The number of hydrogen-bond donors (Lipinski definition) is 1. The number of nitrogens with one attached hydrogen (secondary N) is 1. The Balaban J connectivity index is 1.81. The molecule has 1 aromatic carbocycles. The highest BCUT2D eigenvalue weighted by atomic mass is 32.1. The fourth-order valence-corrected chi connectivity index (χ4v) is 4.53. The first-order chi connectivity index (χ1) is 11.0. The zero-order chi connectivity index (χ0) is 16.3. The predicted molar refractivity (Wildman–Crippen MR) is 95.2 cm³/mol. The molecule has 2 aliphatic rings. The molecule has 0 saturated carbocycles. The molecular weight excluding hydrogens is 306 g/mol. The number of amides is 1. The smallest absolute Gasteiger partial charge is 0.252 e. The summed E-state index contributed by atoms with van der Waals surface area (Å²) < 4.78 is 0. The van der Waals surface area contributed by atoms with E-state index in [1.807, 2.05) is 11.0 Å². The second-order valence-corrected chi connectivity index (χ2v) is 6.98. The van der Waals surface area contributed by atoms with Crippen molar-refractivity contribution in [3.8, 4) is 0 Å². The maximum Gasteiger partial charge on any atom is 0.252 e. The predicted octanol–water partition coefficient (Wildman–Crippen LogP) is 3.38. The molecule has 3 heterocycles. The van der Waals surface area contributed by atoms with E-state index in [0.29, 0.717) is 5.11 Å². The van der Waals surface area contributed by atoms with Gasteiger partial charge in [0.1, 0.15) is 6.04 Å². The summed E-state index contributed by atoms with van der Waals surface area (Å²) in [5.41, 5.74) is 3.61. The highest BCUT2D eigenvalue weighted by Gasteiger charge is 2.49. The van der Waals surface area contributed by atoms with Crippen LogP contribution >= 0.6 is 12.2 Å². The van der Waals surface area contributed by atoms with E-state index in [2.05, 4.69) is 48.9 Å². The van der Waals surface area contributed by atoms with Gasteiger partial charge in [-0.1, -0.05) is 25.1 Å². The minimum Gasteiger partial charge on any atom is -0.356 e. The van der Waals surface area contributed by atoms with Crippen LogP contribution in [0.4, 0.5) is 0 Å². The van der Waals surface area contributed by atoms with Crippen molar-refractivity contribution in [1.29, 1.82) is 0 Å². The van der Waals surface area contributed by atoms with Gasteiger partial charge in [0.05, 0.1) is 6.04 Å². The van der Waals surface area contributed by atoms with Crippen LogP contribution in [0.2, 0.25) is 0 Å². The van der Waals surface area contributed by atoms with Crippen molar-refractivity contribution in [2.45, 2.75) is 51.7 Å². The Labute approximate surface area is 141 Å². The van der Waals surface area contributed by atoms with Crippen LogP contribution in [0.1, 0.15) is 44.5 Å². The van der Waals surface area contributed by atoms with Gasteiger partial charge in [0.25, 0.3) is 5.91 Å². The van der Waals surface area contributed by atoms with Crippen molar-refractivity contribution in [1.82, 2.24) is 14.8 Å². The Hall–Kier alpha value is -1.88. The quantitative estimate of drug-likeness (QED) is 0.860. The lowest BCUT2D eigenvalue weighted by atomic mass is 9.93. The topological polar surface area (TPSA) is 39.3 Å². The lowest BCUT2D eigenvalue weighted by Gasteiger charge is -2.35. The second kappa shape index (κ2) is 5.06. The van der Waals surface area contributed by atoms with E-state index in [-0.39, 0.29) is 24.0 Å². The van der Waals surface area contributed by atoms with Crippen LogP contribution in [0.5, 0.6) is 0 Å². The average molecular weight is 327 g/mol. The molecule has 5 heteroatoms. The molecule has 23 heavy (non-hydrogen) atoms. The molecule has 0 radical (unpaired) electrons. The first kappa shape index (κ1) is 14.7. The third-order valence-corrected chi connectivity index (χ3v) is 5.80. The summed E-state index contributed by atoms with van der Waals surface area (Å²) in [5.74, 6) is 0.159. The highest BCUT2D eigenvalue weighted by Crippen LogP contribution is 2.41. The standard InChI is InChI=1S/C18H21N3OS/c1-4-10(2)20-17(22)15-9-13-12-7-5-6-8-14(12)19-16(13)11(3)21(15)18(20)23/h5-8,10-11,15,19H,4,9H2,1-3H3/t10-,11-,15-/m0/s1. The van der Waals surface area contributed by atoms with Crippen molar-refractivity contribution in [2.24, 2.45) is 0 Å². The molecule has 2 aliphatic heterocycles. The fraction of sp³-hybridized carbons (Fsp3) is 0.444. The minimum absolute atomic E-state index is 0.0988. The Morgan fingerprint density at radius 2 is 2.13 bits per heavy atom. The van der Waals surface area contributed by atoms with Crippen LogP contribution in [0.25, 0.3) is 10.9 Å². The maximum absolute atomic E-state index is 13.0. The first-order valence-electron chi connectivity index (χ1n) is 8.29. The molecule has 1 amide bonds. The average Bonchev–Trinajstić information content (AvgIpc) is 3.04. The summed E-state index contributed by atoms with van der Waals surface area (Å²) in [5, 5.41) is 1.92. The van der Waals surface area contributed by atoms with Crippen molar-refractivity contribution in [2.75, 3.05) is 0 Å². The zero-order valence-electron chi connectivity index (χ0n) is 13.7. The number of benzene rings is 1. The van der Waals surface area contributed by atoms with Gasteiger partial charge in [0.15, 0.2) is 5.11 Å². The van der Waals surface area contributed by atoms with Gasteiger partial charge in [0, 0.05) is 29.1 Å². The van der Waals surface area contributed by atoms with Crippen LogP contribution in [0.3, 0.4) is 0 Å². The number of nitrogens with zero attached hydrogens (tertiary/aromatic N) is 2. The number of carbonyl (C=O) groups excluding carboxylic acids is 1. The highest BCUT2D eigenvalue weighted by molar-refractivity contribution is 7.80. The third kappa shape index (κ3) is 1.89. The molecule has 2 aromatic rings. The maximum atomic E-state index is 13.0. The van der Waals surface area contributed by atoms with Gasteiger partial charge >= 0.3 is 0 Å². The van der Waals surface area contributed by atoms with E-state index in [4.69, 9.17) is 12.2 Å².